The first kappa shape index (κ1) is 10.6. The molecule has 84 valence electrons. The van der Waals surface area contributed by atoms with Gasteiger partial charge in [-0.1, -0.05) is 12.2 Å². The van der Waals surface area contributed by atoms with Crippen molar-refractivity contribution in [3.05, 3.63) is 12.2 Å². The van der Waals surface area contributed by atoms with Crippen molar-refractivity contribution in [1.82, 2.24) is 4.90 Å². The van der Waals surface area contributed by atoms with Gasteiger partial charge in [-0.2, -0.15) is 0 Å². The van der Waals surface area contributed by atoms with E-state index in [2.05, 4.69) is 12.2 Å². The molecular weight excluding hydrogens is 192 g/mol. The van der Waals surface area contributed by atoms with E-state index in [0.717, 1.165) is 25.9 Å². The van der Waals surface area contributed by atoms with Crippen LogP contribution in [0.15, 0.2) is 12.2 Å². The lowest BCUT2D eigenvalue weighted by molar-refractivity contribution is -0.142. The van der Waals surface area contributed by atoms with Crippen LogP contribution in [0.2, 0.25) is 0 Å². The highest BCUT2D eigenvalue weighted by Gasteiger charge is 2.37. The number of carboxylic acid groups (broad SMARTS) is 1. The Morgan fingerprint density at radius 2 is 1.93 bits per heavy atom. The first-order valence-electron chi connectivity index (χ1n) is 5.54. The Morgan fingerprint density at radius 1 is 1.40 bits per heavy atom. The summed E-state index contributed by atoms with van der Waals surface area (Å²) < 4.78 is 0. The number of nitrogens with zero attached hydrogens (tertiary/aromatic N) is 1. The van der Waals surface area contributed by atoms with Crippen molar-refractivity contribution in [3.8, 4) is 0 Å². The minimum absolute atomic E-state index is 0.211. The Labute approximate surface area is 89.7 Å². The number of allylic oxidation sites excluding steroid dienone is 2. The van der Waals surface area contributed by atoms with Crippen molar-refractivity contribution in [2.24, 2.45) is 17.6 Å². The number of carboxylic acids is 1. The monoisotopic (exact) mass is 210 g/mol. The molecule has 1 aliphatic heterocycles. The van der Waals surface area contributed by atoms with Gasteiger partial charge in [0.1, 0.15) is 6.04 Å². The molecule has 3 unspecified atom stereocenters. The Morgan fingerprint density at radius 3 is 2.33 bits per heavy atom. The molecule has 0 radical (unpaired) electrons. The van der Waals surface area contributed by atoms with E-state index < -0.39 is 12.0 Å². The van der Waals surface area contributed by atoms with Crippen LogP contribution >= 0.6 is 0 Å². The number of likely N-dealkylation sites (tertiary alicyclic amines) is 1. The smallest absolute Gasteiger partial charge is 0.322 e. The molecule has 2 aliphatic rings. The number of aliphatic carboxylic acids is 1. The van der Waals surface area contributed by atoms with Gasteiger partial charge in [0.2, 0.25) is 0 Å². The van der Waals surface area contributed by atoms with E-state index in [9.17, 15) is 4.79 Å². The summed E-state index contributed by atoms with van der Waals surface area (Å²) in [5.74, 6) is 0.496. The minimum Gasteiger partial charge on any atom is -0.480 e. The van der Waals surface area contributed by atoms with E-state index in [1.807, 2.05) is 4.90 Å². The van der Waals surface area contributed by atoms with E-state index in [1.54, 1.807) is 0 Å². The van der Waals surface area contributed by atoms with Gasteiger partial charge >= 0.3 is 5.97 Å². The number of nitrogens with two attached hydrogens (primary N) is 1. The number of hydrogen-bond donors (Lipinski definition) is 2. The Balaban J connectivity index is 2.00. The lowest BCUT2D eigenvalue weighted by atomic mass is 9.86. The molecule has 3 N–H and O–H groups in total. The molecule has 0 spiro atoms. The third-order valence-corrected chi connectivity index (χ3v) is 3.60. The average Bonchev–Trinajstić information content (AvgIpc) is 2.61. The highest BCUT2D eigenvalue weighted by Crippen LogP contribution is 2.33. The van der Waals surface area contributed by atoms with Crippen molar-refractivity contribution in [2.75, 3.05) is 19.6 Å². The van der Waals surface area contributed by atoms with Crippen molar-refractivity contribution < 1.29 is 9.90 Å². The Hall–Kier alpha value is -0.870. The molecule has 0 aromatic carbocycles. The molecule has 4 nitrogen and oxygen atoms in total. The van der Waals surface area contributed by atoms with Gasteiger partial charge in [-0.05, 0) is 24.7 Å². The fraction of sp³-hybridized carbons (Fsp3) is 0.727. The van der Waals surface area contributed by atoms with E-state index in [1.165, 1.54) is 0 Å². The van der Waals surface area contributed by atoms with Gasteiger partial charge < -0.3 is 10.8 Å². The largest absolute Gasteiger partial charge is 0.480 e. The SMILES string of the molecule is NCC(C(=O)O)N1CC2CC=CCC2C1. The van der Waals surface area contributed by atoms with Crippen LogP contribution in [0.3, 0.4) is 0 Å². The molecule has 1 saturated heterocycles. The molecule has 4 heteroatoms. The first-order valence-corrected chi connectivity index (χ1v) is 5.54. The van der Waals surface area contributed by atoms with Gasteiger partial charge in [-0.25, -0.2) is 0 Å². The van der Waals surface area contributed by atoms with Crippen LogP contribution in [0.25, 0.3) is 0 Å². The summed E-state index contributed by atoms with van der Waals surface area (Å²) in [6.45, 7) is 1.99. The summed E-state index contributed by atoms with van der Waals surface area (Å²) in [5, 5.41) is 9.03. The maximum absolute atomic E-state index is 11.0. The van der Waals surface area contributed by atoms with Crippen LogP contribution in [-0.4, -0.2) is 41.7 Å². The third-order valence-electron chi connectivity index (χ3n) is 3.60. The second-order valence-corrected chi connectivity index (χ2v) is 4.51. The third kappa shape index (κ3) is 2.06. The van der Waals surface area contributed by atoms with Crippen molar-refractivity contribution in [1.29, 1.82) is 0 Å². The zero-order valence-corrected chi connectivity index (χ0v) is 8.80. The second-order valence-electron chi connectivity index (χ2n) is 4.51. The fourth-order valence-corrected chi connectivity index (χ4v) is 2.71. The summed E-state index contributed by atoms with van der Waals surface area (Å²) in [6, 6.07) is -0.490. The molecule has 0 aromatic heterocycles. The highest BCUT2D eigenvalue weighted by molar-refractivity contribution is 5.73. The zero-order chi connectivity index (χ0) is 10.8. The Bertz CT molecular complexity index is 262. The van der Waals surface area contributed by atoms with Crippen LogP contribution in [0.5, 0.6) is 0 Å². The lowest BCUT2D eigenvalue weighted by Gasteiger charge is -2.22. The standard InChI is InChI=1S/C11H18N2O2/c12-5-10(11(14)15)13-6-8-3-1-2-4-9(8)7-13/h1-2,8-10H,3-7,12H2,(H,14,15). The summed E-state index contributed by atoms with van der Waals surface area (Å²) in [5.41, 5.74) is 5.50. The summed E-state index contributed by atoms with van der Waals surface area (Å²) >= 11 is 0. The fourth-order valence-electron chi connectivity index (χ4n) is 2.71. The van der Waals surface area contributed by atoms with E-state index >= 15 is 0 Å². The molecular formula is C11H18N2O2. The predicted octanol–water partition coefficient (Wildman–Crippen LogP) is 0.296. The maximum atomic E-state index is 11.0. The molecule has 1 fully saturated rings. The van der Waals surface area contributed by atoms with E-state index in [4.69, 9.17) is 10.8 Å². The molecule has 2 rings (SSSR count). The predicted molar refractivity (Wildman–Crippen MR) is 57.4 cm³/mol. The number of rotatable bonds is 3. The van der Waals surface area contributed by atoms with Crippen molar-refractivity contribution in [3.63, 3.8) is 0 Å². The summed E-state index contributed by atoms with van der Waals surface area (Å²) in [7, 11) is 0. The van der Waals surface area contributed by atoms with E-state index in [-0.39, 0.29) is 6.54 Å². The molecule has 0 bridgehead atoms. The van der Waals surface area contributed by atoms with Gasteiger partial charge in [0, 0.05) is 19.6 Å². The topological polar surface area (TPSA) is 66.6 Å². The molecule has 1 aliphatic carbocycles. The number of carbonyl (C=O) groups is 1. The quantitative estimate of drug-likeness (QED) is 0.657. The van der Waals surface area contributed by atoms with Gasteiger partial charge in [0.25, 0.3) is 0 Å². The first-order chi connectivity index (χ1) is 7.22. The Kier molecular flexibility index (Phi) is 3.07. The van der Waals surface area contributed by atoms with Crippen molar-refractivity contribution in [2.45, 2.75) is 18.9 Å². The van der Waals surface area contributed by atoms with Gasteiger partial charge in [-0.3, -0.25) is 9.69 Å². The molecule has 15 heavy (non-hydrogen) atoms. The second kappa shape index (κ2) is 4.33. The zero-order valence-electron chi connectivity index (χ0n) is 8.80. The van der Waals surface area contributed by atoms with Gasteiger partial charge in [0.05, 0.1) is 0 Å². The number of fused-ring (bicyclic) bond motifs is 1. The normalized spacial score (nSPS) is 32.6. The van der Waals surface area contributed by atoms with Crippen molar-refractivity contribution >= 4 is 5.97 Å². The van der Waals surface area contributed by atoms with Crippen LogP contribution in [0.4, 0.5) is 0 Å². The minimum atomic E-state index is -0.788. The molecule has 3 atom stereocenters. The van der Waals surface area contributed by atoms with Crippen LogP contribution in [0, 0.1) is 11.8 Å². The van der Waals surface area contributed by atoms with Crippen LogP contribution in [0.1, 0.15) is 12.8 Å². The summed E-state index contributed by atoms with van der Waals surface area (Å²) in [6.07, 6.45) is 6.61. The summed E-state index contributed by atoms with van der Waals surface area (Å²) in [4.78, 5) is 13.0. The average molecular weight is 210 g/mol. The molecule has 1 heterocycles. The van der Waals surface area contributed by atoms with Gasteiger partial charge in [-0.15, -0.1) is 0 Å². The van der Waals surface area contributed by atoms with Gasteiger partial charge in [0.15, 0.2) is 0 Å². The number of hydrogen-bond acceptors (Lipinski definition) is 3. The maximum Gasteiger partial charge on any atom is 0.322 e. The lowest BCUT2D eigenvalue weighted by Crippen LogP contribution is -2.45. The van der Waals surface area contributed by atoms with E-state index in [0.29, 0.717) is 11.8 Å². The molecule has 0 amide bonds. The van der Waals surface area contributed by atoms with Crippen LogP contribution < -0.4 is 5.73 Å². The molecule has 0 saturated carbocycles. The molecule has 0 aromatic rings. The van der Waals surface area contributed by atoms with Crippen LogP contribution in [-0.2, 0) is 4.79 Å². The highest BCUT2D eigenvalue weighted by atomic mass is 16.4.